The minimum atomic E-state index is 0.422. The molecule has 0 aliphatic heterocycles. The van der Waals surface area contributed by atoms with E-state index in [9.17, 15) is 0 Å². The van der Waals surface area contributed by atoms with Crippen LogP contribution in [0, 0.1) is 0 Å². The number of rotatable bonds is 6. The molecule has 2 rings (SSSR count). The van der Waals surface area contributed by atoms with Crippen LogP contribution in [-0.2, 0) is 26.4 Å². The normalized spacial score (nSPS) is 12.8. The van der Waals surface area contributed by atoms with E-state index in [1.54, 1.807) is 11.3 Å². The number of nitrogens with zero attached hydrogens (tertiary/aromatic N) is 2. The Bertz CT molecular complexity index is 519. The third-order valence-electron chi connectivity index (χ3n) is 3.24. The monoisotopic (exact) mass is 297 g/mol. The highest BCUT2D eigenvalue weighted by molar-refractivity contribution is 7.07. The zero-order valence-corrected chi connectivity index (χ0v) is 13.2. The van der Waals surface area contributed by atoms with Crippen LogP contribution in [0.5, 0.6) is 0 Å². The van der Waals surface area contributed by atoms with E-state index in [4.69, 9.17) is 11.6 Å². The van der Waals surface area contributed by atoms with Crippen LogP contribution in [0.2, 0.25) is 5.02 Å². The first-order valence-electron chi connectivity index (χ1n) is 6.56. The highest BCUT2D eigenvalue weighted by Crippen LogP contribution is 2.20. The van der Waals surface area contributed by atoms with Gasteiger partial charge in [-0.15, -0.1) is 0 Å². The second-order valence-electron chi connectivity index (χ2n) is 4.80. The van der Waals surface area contributed by atoms with Crippen molar-refractivity contribution < 1.29 is 0 Å². The molecule has 0 radical (unpaired) electrons. The lowest BCUT2D eigenvalue weighted by molar-refractivity contribution is 0.526. The van der Waals surface area contributed by atoms with Gasteiger partial charge in [0.15, 0.2) is 0 Å². The van der Waals surface area contributed by atoms with Crippen LogP contribution in [-0.4, -0.2) is 15.8 Å². The fraction of sp³-hybridized carbons (Fsp3) is 0.500. The van der Waals surface area contributed by atoms with Crippen molar-refractivity contribution in [3.63, 3.8) is 0 Å². The molecule has 0 aromatic carbocycles. The molecule has 0 amide bonds. The highest BCUT2D eigenvalue weighted by atomic mass is 35.5. The minimum absolute atomic E-state index is 0.422. The molecule has 0 aliphatic rings. The maximum atomic E-state index is 6.33. The van der Waals surface area contributed by atoms with Crippen molar-refractivity contribution in [2.24, 2.45) is 7.05 Å². The number of halogens is 1. The van der Waals surface area contributed by atoms with Gasteiger partial charge in [-0.25, -0.2) is 0 Å². The highest BCUT2D eigenvalue weighted by Gasteiger charge is 2.13. The van der Waals surface area contributed by atoms with Crippen LogP contribution in [0.3, 0.4) is 0 Å². The molecule has 2 aromatic rings. The second kappa shape index (κ2) is 6.55. The van der Waals surface area contributed by atoms with Crippen molar-refractivity contribution in [1.82, 2.24) is 15.1 Å². The summed E-state index contributed by atoms with van der Waals surface area (Å²) in [6, 6.07) is 2.60. The summed E-state index contributed by atoms with van der Waals surface area (Å²) in [5.74, 6) is 0. The average Bonchev–Trinajstić information content (AvgIpc) is 2.96. The van der Waals surface area contributed by atoms with Crippen LogP contribution in [0.1, 0.15) is 30.8 Å². The largest absolute Gasteiger partial charge is 0.308 e. The smallest absolute Gasteiger partial charge is 0.0863 e. The molecule has 0 saturated carbocycles. The fourth-order valence-corrected chi connectivity index (χ4v) is 3.16. The Hall–Kier alpha value is -0.840. The van der Waals surface area contributed by atoms with Crippen molar-refractivity contribution in [3.8, 4) is 0 Å². The molecule has 0 aliphatic carbocycles. The molecule has 3 nitrogen and oxygen atoms in total. The lowest BCUT2D eigenvalue weighted by Gasteiger charge is -2.13. The van der Waals surface area contributed by atoms with Gasteiger partial charge in [0, 0.05) is 19.6 Å². The third kappa shape index (κ3) is 3.59. The summed E-state index contributed by atoms with van der Waals surface area (Å²) in [5.41, 5.74) is 3.43. The summed E-state index contributed by atoms with van der Waals surface area (Å²) < 4.78 is 1.88. The van der Waals surface area contributed by atoms with Crippen molar-refractivity contribution in [1.29, 1.82) is 0 Å². The van der Waals surface area contributed by atoms with Crippen molar-refractivity contribution in [2.45, 2.75) is 39.3 Å². The predicted molar refractivity (Wildman–Crippen MR) is 81.9 cm³/mol. The van der Waals surface area contributed by atoms with Gasteiger partial charge in [-0.3, -0.25) is 4.68 Å². The molecule has 19 heavy (non-hydrogen) atoms. The van der Waals surface area contributed by atoms with E-state index in [1.165, 1.54) is 5.56 Å². The van der Waals surface area contributed by atoms with E-state index in [0.29, 0.717) is 6.04 Å². The number of aryl methyl sites for hydroxylation is 2. The summed E-state index contributed by atoms with van der Waals surface area (Å²) in [7, 11) is 1.95. The summed E-state index contributed by atoms with van der Waals surface area (Å²) in [6.07, 6.45) is 1.91. The topological polar surface area (TPSA) is 29.9 Å². The Morgan fingerprint density at radius 1 is 1.53 bits per heavy atom. The maximum Gasteiger partial charge on any atom is 0.0863 e. The molecule has 104 valence electrons. The molecule has 1 unspecified atom stereocenters. The molecule has 1 atom stereocenters. The van der Waals surface area contributed by atoms with E-state index in [2.05, 4.69) is 41.1 Å². The van der Waals surface area contributed by atoms with E-state index in [0.717, 1.165) is 35.8 Å². The van der Waals surface area contributed by atoms with Gasteiger partial charge in [-0.2, -0.15) is 16.4 Å². The first-order valence-corrected chi connectivity index (χ1v) is 7.88. The number of aromatic nitrogens is 2. The second-order valence-corrected chi connectivity index (χ2v) is 5.96. The zero-order valence-electron chi connectivity index (χ0n) is 11.6. The average molecular weight is 298 g/mol. The molecule has 2 heterocycles. The Morgan fingerprint density at radius 2 is 2.32 bits per heavy atom. The van der Waals surface area contributed by atoms with Crippen molar-refractivity contribution in [3.05, 3.63) is 38.8 Å². The van der Waals surface area contributed by atoms with Gasteiger partial charge in [-0.05, 0) is 42.2 Å². The Labute approximate surface area is 123 Å². The number of thiophene rings is 1. The van der Waals surface area contributed by atoms with Gasteiger partial charge in [0.2, 0.25) is 0 Å². The van der Waals surface area contributed by atoms with E-state index < -0.39 is 0 Å². The molecular weight excluding hydrogens is 278 g/mol. The van der Waals surface area contributed by atoms with Crippen molar-refractivity contribution >= 4 is 22.9 Å². The molecule has 0 spiro atoms. The van der Waals surface area contributed by atoms with Gasteiger partial charge in [0.1, 0.15) is 0 Å². The van der Waals surface area contributed by atoms with Crippen LogP contribution in [0.25, 0.3) is 0 Å². The number of nitrogens with one attached hydrogen (secondary N) is 1. The van der Waals surface area contributed by atoms with Gasteiger partial charge >= 0.3 is 0 Å². The summed E-state index contributed by atoms with van der Waals surface area (Å²) in [4.78, 5) is 0. The maximum absolute atomic E-state index is 6.33. The minimum Gasteiger partial charge on any atom is -0.308 e. The van der Waals surface area contributed by atoms with Crippen LogP contribution >= 0.6 is 22.9 Å². The Morgan fingerprint density at radius 3 is 2.89 bits per heavy atom. The standard InChI is InChI=1S/C14H20ClN3S/c1-4-12-14(15)13(18(3)17-12)8-16-10(2)7-11-5-6-19-9-11/h5-6,9-10,16H,4,7-8H2,1-3H3. The summed E-state index contributed by atoms with van der Waals surface area (Å²) >= 11 is 8.08. The van der Waals surface area contributed by atoms with Gasteiger partial charge < -0.3 is 5.32 Å². The Kier molecular flexibility index (Phi) is 5.02. The molecule has 0 bridgehead atoms. The quantitative estimate of drug-likeness (QED) is 0.885. The molecule has 0 saturated heterocycles. The van der Waals surface area contributed by atoms with Gasteiger partial charge in [0.25, 0.3) is 0 Å². The Balaban J connectivity index is 1.93. The molecule has 0 fully saturated rings. The van der Waals surface area contributed by atoms with Gasteiger partial charge in [-0.1, -0.05) is 18.5 Å². The predicted octanol–water partition coefficient (Wildman–Crippen LogP) is 3.42. The molecular formula is C14H20ClN3S. The zero-order chi connectivity index (χ0) is 13.8. The lowest BCUT2D eigenvalue weighted by atomic mass is 10.1. The van der Waals surface area contributed by atoms with Crippen LogP contribution in [0.15, 0.2) is 16.8 Å². The van der Waals surface area contributed by atoms with Crippen LogP contribution < -0.4 is 5.32 Å². The first kappa shape index (κ1) is 14.6. The van der Waals surface area contributed by atoms with E-state index in [-0.39, 0.29) is 0 Å². The lowest BCUT2D eigenvalue weighted by Crippen LogP contribution is -2.28. The summed E-state index contributed by atoms with van der Waals surface area (Å²) in [6.45, 7) is 5.03. The van der Waals surface area contributed by atoms with Crippen molar-refractivity contribution in [2.75, 3.05) is 0 Å². The third-order valence-corrected chi connectivity index (χ3v) is 4.41. The first-order chi connectivity index (χ1) is 9.11. The van der Waals surface area contributed by atoms with E-state index >= 15 is 0 Å². The number of hydrogen-bond donors (Lipinski definition) is 1. The van der Waals surface area contributed by atoms with Gasteiger partial charge in [0.05, 0.1) is 16.4 Å². The fourth-order valence-electron chi connectivity index (χ4n) is 2.12. The molecule has 5 heteroatoms. The number of hydrogen-bond acceptors (Lipinski definition) is 3. The molecule has 2 aromatic heterocycles. The molecule has 1 N–H and O–H groups in total. The van der Waals surface area contributed by atoms with Crippen LogP contribution in [0.4, 0.5) is 0 Å². The van der Waals surface area contributed by atoms with E-state index in [1.807, 2.05) is 11.7 Å². The summed E-state index contributed by atoms with van der Waals surface area (Å²) in [5, 5.41) is 13.1. The SMILES string of the molecule is CCc1nn(C)c(CNC(C)Cc2ccsc2)c1Cl.